The first-order valence-electron chi connectivity index (χ1n) is 4.17. The molecule has 0 atom stereocenters. The van der Waals surface area contributed by atoms with Gasteiger partial charge in [0.05, 0.1) is 13.0 Å². The average molecular weight is 253 g/mol. The number of rotatable bonds is 5. The van der Waals surface area contributed by atoms with Gasteiger partial charge in [-0.3, -0.25) is 4.79 Å². The van der Waals surface area contributed by atoms with Crippen molar-refractivity contribution in [2.24, 2.45) is 0 Å². The normalized spacial score (nSPS) is 11.3. The van der Waals surface area contributed by atoms with Crippen molar-refractivity contribution in [2.45, 2.75) is 32.1 Å². The number of carbonyl (C=O) groups excluding carboxylic acids is 1. The van der Waals surface area contributed by atoms with E-state index in [1.807, 2.05) is 0 Å². The van der Waals surface area contributed by atoms with E-state index in [0.29, 0.717) is 18.4 Å². The molecule has 0 radical (unpaired) electrons. The Bertz CT molecular complexity index is 142. The molecular formula is C8H17BrO2Si. The molecule has 0 fully saturated rings. The summed E-state index contributed by atoms with van der Waals surface area (Å²) in [5.74, 6) is -0.0925. The van der Waals surface area contributed by atoms with Gasteiger partial charge in [0.1, 0.15) is 0 Å². The summed E-state index contributed by atoms with van der Waals surface area (Å²) in [6.07, 6.45) is 0.478. The second kappa shape index (κ2) is 5.75. The highest BCUT2D eigenvalue weighted by atomic mass is 79.9. The first kappa shape index (κ1) is 12.2. The van der Waals surface area contributed by atoms with Gasteiger partial charge in [0.2, 0.25) is 0 Å². The van der Waals surface area contributed by atoms with Crippen molar-refractivity contribution in [3.63, 3.8) is 0 Å². The number of carbonyl (C=O) groups is 1. The number of hydrogen-bond acceptors (Lipinski definition) is 2. The van der Waals surface area contributed by atoms with Gasteiger partial charge in [0.15, 0.2) is 0 Å². The molecule has 0 aromatic rings. The van der Waals surface area contributed by atoms with Crippen LogP contribution in [0.5, 0.6) is 0 Å². The predicted octanol–water partition coefficient (Wildman–Crippen LogP) is 2.65. The Hall–Kier alpha value is 0.167. The maximum atomic E-state index is 10.9. The molecule has 0 saturated carbocycles. The minimum Gasteiger partial charge on any atom is -0.466 e. The highest BCUT2D eigenvalue weighted by Gasteiger charge is 2.13. The van der Waals surface area contributed by atoms with Crippen LogP contribution in [-0.4, -0.2) is 26.0 Å². The first-order chi connectivity index (χ1) is 5.45. The van der Waals surface area contributed by atoms with E-state index in [-0.39, 0.29) is 5.97 Å². The Morgan fingerprint density at radius 2 is 2.00 bits per heavy atom. The number of hydrogen-bond donors (Lipinski definition) is 0. The second-order valence-corrected chi connectivity index (χ2v) is 10.4. The van der Waals surface area contributed by atoms with Crippen molar-refractivity contribution < 1.29 is 9.53 Å². The molecule has 4 heteroatoms. The largest absolute Gasteiger partial charge is 0.466 e. The van der Waals surface area contributed by atoms with E-state index in [4.69, 9.17) is 4.74 Å². The van der Waals surface area contributed by atoms with Gasteiger partial charge in [-0.15, -0.1) is 0 Å². The van der Waals surface area contributed by atoms with E-state index >= 15 is 0 Å². The Morgan fingerprint density at radius 1 is 1.42 bits per heavy atom. The van der Waals surface area contributed by atoms with Gasteiger partial charge in [-0.05, 0) is 6.04 Å². The van der Waals surface area contributed by atoms with E-state index in [1.165, 1.54) is 0 Å². The van der Waals surface area contributed by atoms with Crippen LogP contribution >= 0.6 is 15.9 Å². The van der Waals surface area contributed by atoms with Crippen LogP contribution in [-0.2, 0) is 9.53 Å². The minimum absolute atomic E-state index is 0.0925. The fraction of sp³-hybridized carbons (Fsp3) is 0.875. The molecule has 0 saturated heterocycles. The quantitative estimate of drug-likeness (QED) is 0.428. The Kier molecular flexibility index (Phi) is 5.83. The van der Waals surface area contributed by atoms with Crippen LogP contribution in [0.4, 0.5) is 0 Å². The predicted molar refractivity (Wildman–Crippen MR) is 57.5 cm³/mol. The van der Waals surface area contributed by atoms with Crippen LogP contribution < -0.4 is 0 Å². The summed E-state index contributed by atoms with van der Waals surface area (Å²) in [7, 11) is -1.04. The highest BCUT2D eigenvalue weighted by Crippen LogP contribution is 2.07. The van der Waals surface area contributed by atoms with Gasteiger partial charge in [-0.25, -0.2) is 0 Å². The lowest BCUT2D eigenvalue weighted by atomic mass is 10.5. The molecular weight excluding hydrogens is 236 g/mol. The van der Waals surface area contributed by atoms with Crippen molar-refractivity contribution in [1.29, 1.82) is 0 Å². The Morgan fingerprint density at radius 3 is 2.42 bits per heavy atom. The molecule has 0 amide bonds. The van der Waals surface area contributed by atoms with Crippen LogP contribution in [0.15, 0.2) is 0 Å². The number of halogens is 1. The molecule has 0 aliphatic carbocycles. The second-order valence-electron chi connectivity index (χ2n) is 3.97. The molecule has 12 heavy (non-hydrogen) atoms. The first-order valence-corrected chi connectivity index (χ1v) is 9.00. The summed E-state index contributed by atoms with van der Waals surface area (Å²) in [4.78, 5) is 10.9. The van der Waals surface area contributed by atoms with Crippen LogP contribution in [0.25, 0.3) is 0 Å². The summed E-state index contributed by atoms with van der Waals surface area (Å²) < 4.78 is 5.02. The molecule has 0 N–H and O–H groups in total. The molecule has 0 aliphatic heterocycles. The third kappa shape index (κ3) is 8.27. The summed E-state index contributed by atoms with van der Waals surface area (Å²) in [5, 5.41) is 0.693. The van der Waals surface area contributed by atoms with Gasteiger partial charge >= 0.3 is 5.97 Å². The van der Waals surface area contributed by atoms with Crippen molar-refractivity contribution >= 4 is 30.0 Å². The van der Waals surface area contributed by atoms with Crippen molar-refractivity contribution in [3.8, 4) is 0 Å². The van der Waals surface area contributed by atoms with Crippen LogP contribution in [0, 0.1) is 0 Å². The molecule has 0 spiro atoms. The van der Waals surface area contributed by atoms with Crippen molar-refractivity contribution in [3.05, 3.63) is 0 Å². The fourth-order valence-electron chi connectivity index (χ4n) is 0.620. The monoisotopic (exact) mass is 252 g/mol. The summed E-state index contributed by atoms with van der Waals surface area (Å²) in [6, 6.07) is 1.06. The smallest absolute Gasteiger partial charge is 0.306 e. The van der Waals surface area contributed by atoms with Gasteiger partial charge in [-0.2, -0.15) is 0 Å². The van der Waals surface area contributed by atoms with E-state index in [1.54, 1.807) is 0 Å². The maximum absolute atomic E-state index is 10.9. The lowest BCUT2D eigenvalue weighted by Gasteiger charge is -2.14. The van der Waals surface area contributed by atoms with E-state index in [0.717, 1.165) is 6.04 Å². The van der Waals surface area contributed by atoms with Crippen LogP contribution in [0.3, 0.4) is 0 Å². The van der Waals surface area contributed by atoms with E-state index < -0.39 is 8.07 Å². The van der Waals surface area contributed by atoms with Gasteiger partial charge < -0.3 is 4.74 Å². The number of alkyl halides is 1. The molecule has 0 aliphatic rings. The van der Waals surface area contributed by atoms with Crippen LogP contribution in [0.1, 0.15) is 6.42 Å². The lowest BCUT2D eigenvalue weighted by Crippen LogP contribution is -2.22. The molecule has 0 bridgehead atoms. The van der Waals surface area contributed by atoms with Crippen LogP contribution in [0.2, 0.25) is 25.7 Å². The van der Waals surface area contributed by atoms with E-state index in [2.05, 4.69) is 35.6 Å². The maximum Gasteiger partial charge on any atom is 0.306 e. The van der Waals surface area contributed by atoms with E-state index in [9.17, 15) is 4.79 Å². The zero-order valence-corrected chi connectivity index (χ0v) is 10.6. The molecule has 72 valence electrons. The SMILES string of the molecule is C[Si](C)(C)CCOC(=O)CCBr. The summed E-state index contributed by atoms with van der Waals surface area (Å²) in [6.45, 7) is 7.41. The van der Waals surface area contributed by atoms with Gasteiger partial charge in [0, 0.05) is 13.4 Å². The average Bonchev–Trinajstić information content (AvgIpc) is 1.84. The molecule has 0 unspecified atom stereocenters. The number of esters is 1. The molecule has 2 nitrogen and oxygen atoms in total. The molecule has 0 aromatic carbocycles. The standard InChI is InChI=1S/C8H17BrO2Si/c1-12(2,3)7-6-11-8(10)4-5-9/h4-7H2,1-3H3. The summed E-state index contributed by atoms with van der Waals surface area (Å²) >= 11 is 3.19. The Labute approximate surface area is 83.8 Å². The fourth-order valence-corrected chi connectivity index (χ4v) is 1.66. The topological polar surface area (TPSA) is 26.3 Å². The minimum atomic E-state index is -1.04. The Balaban J connectivity index is 3.37. The molecule has 0 rings (SSSR count). The number of ether oxygens (including phenoxy) is 1. The third-order valence-corrected chi connectivity index (χ3v) is 3.51. The van der Waals surface area contributed by atoms with Gasteiger partial charge in [0.25, 0.3) is 0 Å². The lowest BCUT2D eigenvalue weighted by molar-refractivity contribution is -0.142. The van der Waals surface area contributed by atoms with Crippen molar-refractivity contribution in [1.82, 2.24) is 0 Å². The van der Waals surface area contributed by atoms with Gasteiger partial charge in [-0.1, -0.05) is 35.6 Å². The zero-order chi connectivity index (χ0) is 9.61. The zero-order valence-electron chi connectivity index (χ0n) is 8.02. The highest BCUT2D eigenvalue weighted by molar-refractivity contribution is 9.09. The third-order valence-electron chi connectivity index (χ3n) is 1.41. The molecule has 0 heterocycles. The summed E-state index contributed by atoms with van der Waals surface area (Å²) in [5.41, 5.74) is 0. The van der Waals surface area contributed by atoms with Crippen molar-refractivity contribution in [2.75, 3.05) is 11.9 Å². The molecule has 0 aromatic heterocycles.